The molecule has 0 amide bonds. The minimum Gasteiger partial charge on any atom is -0.501 e. The van der Waals surface area contributed by atoms with Gasteiger partial charge in [0.25, 0.3) is 0 Å². The summed E-state index contributed by atoms with van der Waals surface area (Å²) in [7, 11) is 3.18. The normalized spacial score (nSPS) is 22.4. The van der Waals surface area contributed by atoms with Crippen molar-refractivity contribution in [3.63, 3.8) is 0 Å². The third-order valence-corrected chi connectivity index (χ3v) is 2.22. The molecule has 1 atom stereocenters. The Morgan fingerprint density at radius 1 is 1.46 bits per heavy atom. The molecule has 1 aliphatic rings. The third kappa shape index (κ3) is 1.91. The topological polar surface area (TPSA) is 35.5 Å². The van der Waals surface area contributed by atoms with Gasteiger partial charge in [-0.05, 0) is 5.92 Å². The van der Waals surface area contributed by atoms with E-state index in [2.05, 4.69) is 0 Å². The maximum Gasteiger partial charge on any atom is 0.150 e. The Bertz CT molecular complexity index is 263. The maximum absolute atomic E-state index is 10.7. The summed E-state index contributed by atoms with van der Waals surface area (Å²) in [6.45, 7) is 1.98. The van der Waals surface area contributed by atoms with Gasteiger partial charge in [0.05, 0.1) is 20.0 Å². The highest BCUT2D eigenvalue weighted by atomic mass is 16.5. The van der Waals surface area contributed by atoms with Gasteiger partial charge in [-0.25, -0.2) is 0 Å². The van der Waals surface area contributed by atoms with Crippen molar-refractivity contribution in [3.8, 4) is 0 Å². The predicted octanol–water partition coefficient (Wildman–Crippen LogP) is 1.66. The van der Waals surface area contributed by atoms with E-state index >= 15 is 0 Å². The Morgan fingerprint density at radius 3 is 2.62 bits per heavy atom. The van der Waals surface area contributed by atoms with Crippen LogP contribution in [0.5, 0.6) is 0 Å². The highest BCUT2D eigenvalue weighted by Gasteiger charge is 2.21. The van der Waals surface area contributed by atoms with E-state index in [1.54, 1.807) is 20.3 Å². The van der Waals surface area contributed by atoms with Crippen LogP contribution in [-0.2, 0) is 14.3 Å². The molecule has 0 bridgehead atoms. The number of rotatable bonds is 3. The van der Waals surface area contributed by atoms with Gasteiger partial charge in [-0.3, -0.25) is 4.79 Å². The number of hydrogen-bond acceptors (Lipinski definition) is 3. The second-order valence-corrected chi connectivity index (χ2v) is 3.06. The van der Waals surface area contributed by atoms with Crippen LogP contribution in [0.2, 0.25) is 0 Å². The van der Waals surface area contributed by atoms with Crippen LogP contribution < -0.4 is 0 Å². The van der Waals surface area contributed by atoms with Crippen LogP contribution in [0.15, 0.2) is 23.2 Å². The van der Waals surface area contributed by atoms with Crippen molar-refractivity contribution in [1.82, 2.24) is 0 Å². The fraction of sp³-hybridized carbons (Fsp3) is 0.500. The van der Waals surface area contributed by atoms with Crippen LogP contribution in [0.4, 0.5) is 0 Å². The van der Waals surface area contributed by atoms with E-state index in [1.165, 1.54) is 0 Å². The van der Waals surface area contributed by atoms with E-state index in [4.69, 9.17) is 9.47 Å². The highest BCUT2D eigenvalue weighted by Crippen LogP contribution is 2.28. The summed E-state index contributed by atoms with van der Waals surface area (Å²) in [6.07, 6.45) is 3.38. The van der Waals surface area contributed by atoms with E-state index in [1.807, 2.05) is 6.92 Å². The number of carbonyl (C=O) groups is 1. The average Bonchev–Trinajstić information content (AvgIpc) is 2.16. The van der Waals surface area contributed by atoms with Gasteiger partial charge in [0.2, 0.25) is 0 Å². The van der Waals surface area contributed by atoms with Gasteiger partial charge in [0.1, 0.15) is 12.0 Å². The Morgan fingerprint density at radius 2 is 2.15 bits per heavy atom. The summed E-state index contributed by atoms with van der Waals surface area (Å²) in [5.74, 6) is 1.65. The van der Waals surface area contributed by atoms with E-state index in [9.17, 15) is 4.79 Å². The molecule has 0 aromatic carbocycles. The SMILES string of the molecule is COC1=CC(OC)=C(C=O)C(C)C1. The zero-order valence-corrected chi connectivity index (χ0v) is 8.16. The summed E-state index contributed by atoms with van der Waals surface area (Å²) in [5.41, 5.74) is 0.711. The van der Waals surface area contributed by atoms with Crippen LogP contribution in [0.3, 0.4) is 0 Å². The van der Waals surface area contributed by atoms with Crippen LogP contribution in [0, 0.1) is 5.92 Å². The van der Waals surface area contributed by atoms with E-state index in [0.717, 1.165) is 18.5 Å². The Kier molecular flexibility index (Phi) is 3.12. The van der Waals surface area contributed by atoms with Crippen molar-refractivity contribution in [2.24, 2.45) is 5.92 Å². The molecule has 0 spiro atoms. The molecule has 3 heteroatoms. The van der Waals surface area contributed by atoms with Crippen molar-refractivity contribution >= 4 is 6.29 Å². The van der Waals surface area contributed by atoms with Gasteiger partial charge >= 0.3 is 0 Å². The first-order chi connectivity index (χ1) is 6.22. The number of aldehydes is 1. The van der Waals surface area contributed by atoms with Gasteiger partial charge in [0.15, 0.2) is 0 Å². The summed E-state index contributed by atoms with van der Waals surface area (Å²) in [5, 5.41) is 0. The molecule has 1 aliphatic carbocycles. The lowest BCUT2D eigenvalue weighted by atomic mass is 9.92. The van der Waals surface area contributed by atoms with Gasteiger partial charge in [-0.1, -0.05) is 6.92 Å². The Hall–Kier alpha value is -1.25. The van der Waals surface area contributed by atoms with Crippen molar-refractivity contribution < 1.29 is 14.3 Å². The van der Waals surface area contributed by atoms with Crippen LogP contribution in [0.25, 0.3) is 0 Å². The molecule has 3 nitrogen and oxygen atoms in total. The Labute approximate surface area is 78.0 Å². The Balaban J connectivity index is 3.02. The van der Waals surface area contributed by atoms with E-state index in [0.29, 0.717) is 11.3 Å². The molecule has 0 aromatic heterocycles. The van der Waals surface area contributed by atoms with Crippen LogP contribution in [-0.4, -0.2) is 20.5 Å². The molecule has 0 heterocycles. The lowest BCUT2D eigenvalue weighted by molar-refractivity contribution is -0.105. The maximum atomic E-state index is 10.7. The third-order valence-electron chi connectivity index (χ3n) is 2.22. The number of allylic oxidation sites excluding steroid dienone is 3. The van der Waals surface area contributed by atoms with E-state index in [-0.39, 0.29) is 5.92 Å². The fourth-order valence-corrected chi connectivity index (χ4v) is 1.44. The monoisotopic (exact) mass is 182 g/mol. The van der Waals surface area contributed by atoms with Gasteiger partial charge in [-0.2, -0.15) is 0 Å². The zero-order valence-electron chi connectivity index (χ0n) is 8.16. The van der Waals surface area contributed by atoms with Crippen molar-refractivity contribution in [3.05, 3.63) is 23.2 Å². The first-order valence-electron chi connectivity index (χ1n) is 4.20. The summed E-state index contributed by atoms with van der Waals surface area (Å²) in [6, 6.07) is 0. The molecule has 1 unspecified atom stereocenters. The van der Waals surface area contributed by atoms with Crippen molar-refractivity contribution in [2.75, 3.05) is 14.2 Å². The molecule has 0 saturated carbocycles. The summed E-state index contributed by atoms with van der Waals surface area (Å²) >= 11 is 0. The standard InChI is InChI=1S/C10H14O3/c1-7-4-8(12-2)5-10(13-3)9(7)6-11/h5-7H,4H2,1-3H3. The minimum atomic E-state index is 0.174. The number of ether oxygens (including phenoxy) is 2. The van der Waals surface area contributed by atoms with Gasteiger partial charge < -0.3 is 9.47 Å². The molecule has 0 aliphatic heterocycles. The molecule has 0 aromatic rings. The minimum absolute atomic E-state index is 0.174. The quantitative estimate of drug-likeness (QED) is 0.622. The molecule has 0 radical (unpaired) electrons. The number of methoxy groups -OCH3 is 2. The lowest BCUT2D eigenvalue weighted by Crippen LogP contribution is -2.12. The molecular formula is C10H14O3. The largest absolute Gasteiger partial charge is 0.501 e. The second-order valence-electron chi connectivity index (χ2n) is 3.06. The highest BCUT2D eigenvalue weighted by molar-refractivity contribution is 5.76. The van der Waals surface area contributed by atoms with Gasteiger partial charge in [0, 0.05) is 18.1 Å². The molecular weight excluding hydrogens is 168 g/mol. The molecule has 0 fully saturated rings. The summed E-state index contributed by atoms with van der Waals surface area (Å²) < 4.78 is 10.2. The van der Waals surface area contributed by atoms with Crippen molar-refractivity contribution in [1.29, 1.82) is 0 Å². The molecule has 13 heavy (non-hydrogen) atoms. The molecule has 72 valence electrons. The fourth-order valence-electron chi connectivity index (χ4n) is 1.44. The number of carbonyl (C=O) groups excluding carboxylic acids is 1. The summed E-state index contributed by atoms with van der Waals surface area (Å²) in [4.78, 5) is 10.7. The molecule has 0 N–H and O–H groups in total. The molecule has 1 rings (SSSR count). The van der Waals surface area contributed by atoms with Gasteiger partial charge in [-0.15, -0.1) is 0 Å². The van der Waals surface area contributed by atoms with Crippen molar-refractivity contribution in [2.45, 2.75) is 13.3 Å². The van der Waals surface area contributed by atoms with E-state index < -0.39 is 0 Å². The zero-order chi connectivity index (χ0) is 9.84. The molecule has 0 saturated heterocycles. The predicted molar refractivity (Wildman–Crippen MR) is 49.0 cm³/mol. The lowest BCUT2D eigenvalue weighted by Gasteiger charge is -2.20. The number of hydrogen-bond donors (Lipinski definition) is 0. The first kappa shape index (κ1) is 9.84. The van der Waals surface area contributed by atoms with Crippen LogP contribution in [0.1, 0.15) is 13.3 Å². The van der Waals surface area contributed by atoms with Crippen LogP contribution >= 0.6 is 0 Å². The second kappa shape index (κ2) is 4.12. The smallest absolute Gasteiger partial charge is 0.150 e. The average molecular weight is 182 g/mol. The first-order valence-corrected chi connectivity index (χ1v) is 4.20.